The van der Waals surface area contributed by atoms with Gasteiger partial charge in [-0.15, -0.1) is 0 Å². The van der Waals surface area contributed by atoms with Gasteiger partial charge in [0, 0.05) is 42.8 Å². The summed E-state index contributed by atoms with van der Waals surface area (Å²) >= 11 is -2.33. The first-order valence-corrected chi connectivity index (χ1v) is 10.4. The highest BCUT2D eigenvalue weighted by atomic mass is 32.2. The fourth-order valence-corrected chi connectivity index (χ4v) is 3.93. The van der Waals surface area contributed by atoms with Crippen LogP contribution in [0.3, 0.4) is 0 Å². The van der Waals surface area contributed by atoms with E-state index in [1.54, 1.807) is 16.8 Å². The van der Waals surface area contributed by atoms with E-state index in [9.17, 15) is 17.5 Å². The van der Waals surface area contributed by atoms with E-state index in [-0.39, 0.29) is 37.8 Å². The van der Waals surface area contributed by atoms with Gasteiger partial charge >= 0.3 is 0 Å². The molecule has 154 valence electrons. The minimum absolute atomic E-state index is 0.00185. The van der Waals surface area contributed by atoms with Crippen molar-refractivity contribution in [1.82, 2.24) is 14.5 Å². The molecule has 0 aliphatic heterocycles. The van der Waals surface area contributed by atoms with Crippen LogP contribution in [0.25, 0.3) is 5.69 Å². The summed E-state index contributed by atoms with van der Waals surface area (Å²) in [6, 6.07) is 9.23. The fourth-order valence-electron chi connectivity index (χ4n) is 3.64. The van der Waals surface area contributed by atoms with Crippen LogP contribution in [0.4, 0.5) is 8.78 Å². The Bertz CT molecular complexity index is 798. The largest absolute Gasteiger partial charge is 0.760 e. The zero-order valence-electron chi connectivity index (χ0n) is 15.6. The van der Waals surface area contributed by atoms with Crippen molar-refractivity contribution in [1.29, 1.82) is 0 Å². The number of nitrogens with zero attached hydrogens (tertiary/aromatic N) is 2. The lowest BCUT2D eigenvalue weighted by Gasteiger charge is -2.36. The first kappa shape index (κ1) is 20.9. The molecule has 1 saturated carbocycles. The summed E-state index contributed by atoms with van der Waals surface area (Å²) in [6.45, 7) is 2.34. The minimum Gasteiger partial charge on any atom is -0.760 e. The van der Waals surface area contributed by atoms with Gasteiger partial charge in [0.25, 0.3) is 0 Å². The van der Waals surface area contributed by atoms with Gasteiger partial charge in [-0.25, -0.2) is 18.2 Å². The third-order valence-electron chi connectivity index (χ3n) is 5.13. The lowest BCUT2D eigenvalue weighted by Crippen LogP contribution is -2.37. The van der Waals surface area contributed by atoms with Gasteiger partial charge in [0.15, 0.2) is 0 Å². The predicted molar refractivity (Wildman–Crippen MR) is 101 cm³/mol. The van der Waals surface area contributed by atoms with Crippen molar-refractivity contribution in [2.75, 3.05) is 13.2 Å². The van der Waals surface area contributed by atoms with Gasteiger partial charge in [-0.3, -0.25) is 4.21 Å². The molecule has 6 nitrogen and oxygen atoms in total. The lowest BCUT2D eigenvalue weighted by molar-refractivity contribution is -0.0776. The van der Waals surface area contributed by atoms with E-state index in [4.69, 9.17) is 4.74 Å². The molecule has 2 aromatic rings. The number of alkyl halides is 2. The Morgan fingerprint density at radius 1 is 1.32 bits per heavy atom. The van der Waals surface area contributed by atoms with Crippen LogP contribution in [0.15, 0.2) is 36.5 Å². The summed E-state index contributed by atoms with van der Waals surface area (Å²) in [7, 11) is 0. The standard InChI is InChI=1S/C19H25F2N3O3S/c1-14-8-11-24(23-14)17-2-4-18(5-3-17)27-13-16-12-19(20,21)9-6-15(16)7-10-22-28(25)26/h2-5,8,11,15-16,22H,6-7,9-10,12-13H2,1H3,(H,25,26)/p-1. The van der Waals surface area contributed by atoms with Gasteiger partial charge in [0.1, 0.15) is 5.75 Å². The molecule has 0 bridgehead atoms. The third-order valence-corrected chi connectivity index (χ3v) is 5.57. The number of nitrogens with one attached hydrogen (secondary N) is 1. The maximum atomic E-state index is 13.9. The van der Waals surface area contributed by atoms with Crippen LogP contribution < -0.4 is 9.46 Å². The minimum atomic E-state index is -2.69. The second-order valence-electron chi connectivity index (χ2n) is 7.24. The predicted octanol–water partition coefficient (Wildman–Crippen LogP) is 3.38. The second kappa shape index (κ2) is 9.11. The Morgan fingerprint density at radius 3 is 2.71 bits per heavy atom. The number of ether oxygens (including phenoxy) is 1. The molecule has 1 aromatic carbocycles. The first-order chi connectivity index (χ1) is 13.3. The number of halogens is 2. The van der Waals surface area contributed by atoms with Crippen molar-refractivity contribution in [2.24, 2.45) is 11.8 Å². The van der Waals surface area contributed by atoms with Gasteiger partial charge < -0.3 is 9.29 Å². The Hall–Kier alpha value is -1.84. The molecule has 0 spiro atoms. The summed E-state index contributed by atoms with van der Waals surface area (Å²) in [4.78, 5) is 0. The van der Waals surface area contributed by atoms with Gasteiger partial charge in [-0.2, -0.15) is 5.10 Å². The van der Waals surface area contributed by atoms with Crippen LogP contribution in [0, 0.1) is 18.8 Å². The smallest absolute Gasteiger partial charge is 0.248 e. The first-order valence-electron chi connectivity index (χ1n) is 9.28. The Labute approximate surface area is 165 Å². The summed E-state index contributed by atoms with van der Waals surface area (Å²) in [5.74, 6) is -2.40. The molecule has 9 heteroatoms. The molecule has 1 fully saturated rings. The molecule has 3 atom stereocenters. The summed E-state index contributed by atoms with van der Waals surface area (Å²) < 4.78 is 58.8. The summed E-state index contributed by atoms with van der Waals surface area (Å²) in [5, 5.41) is 4.34. The van der Waals surface area contributed by atoms with Crippen LogP contribution in [-0.4, -0.2) is 37.6 Å². The van der Waals surface area contributed by atoms with E-state index < -0.39 is 17.2 Å². The lowest BCUT2D eigenvalue weighted by atomic mass is 9.76. The number of benzene rings is 1. The highest BCUT2D eigenvalue weighted by Crippen LogP contribution is 2.41. The average Bonchev–Trinajstić information content (AvgIpc) is 3.08. The van der Waals surface area contributed by atoms with Gasteiger partial charge in [0.05, 0.1) is 18.0 Å². The molecule has 1 heterocycles. The average molecular weight is 412 g/mol. The molecule has 1 aliphatic carbocycles. The van der Waals surface area contributed by atoms with Crippen molar-refractivity contribution in [3.05, 3.63) is 42.2 Å². The molecular formula is C19H24F2N3O3S-. The molecule has 1 aromatic heterocycles. The van der Waals surface area contributed by atoms with Gasteiger partial charge in [0.2, 0.25) is 5.92 Å². The maximum Gasteiger partial charge on any atom is 0.248 e. The summed E-state index contributed by atoms with van der Waals surface area (Å²) in [6.07, 6.45) is 2.36. The second-order valence-corrected chi connectivity index (χ2v) is 8.00. The van der Waals surface area contributed by atoms with Gasteiger partial charge in [-0.1, -0.05) is 0 Å². The zero-order valence-corrected chi connectivity index (χ0v) is 16.5. The number of aryl methyl sites for hydroxylation is 1. The molecule has 1 aliphatic rings. The number of aromatic nitrogens is 2. The number of hydrogen-bond acceptors (Lipinski definition) is 4. The quantitative estimate of drug-likeness (QED) is 0.674. The Kier molecular flexibility index (Phi) is 6.79. The van der Waals surface area contributed by atoms with Crippen LogP contribution in [0.1, 0.15) is 31.4 Å². The van der Waals surface area contributed by atoms with Crippen LogP contribution in [0.5, 0.6) is 5.75 Å². The molecule has 0 saturated heterocycles. The summed E-state index contributed by atoms with van der Waals surface area (Å²) in [5.41, 5.74) is 1.80. The van der Waals surface area contributed by atoms with E-state index in [2.05, 4.69) is 9.82 Å². The molecule has 28 heavy (non-hydrogen) atoms. The highest BCUT2D eigenvalue weighted by molar-refractivity contribution is 7.77. The van der Waals surface area contributed by atoms with Crippen molar-refractivity contribution in [3.63, 3.8) is 0 Å². The fraction of sp³-hybridized carbons (Fsp3) is 0.526. The normalized spacial score (nSPS) is 22.7. The molecule has 0 radical (unpaired) electrons. The molecular weight excluding hydrogens is 388 g/mol. The third kappa shape index (κ3) is 5.83. The van der Waals surface area contributed by atoms with E-state index in [1.165, 1.54) is 0 Å². The molecule has 0 amide bonds. The number of rotatable bonds is 8. The van der Waals surface area contributed by atoms with E-state index in [0.29, 0.717) is 18.6 Å². The highest BCUT2D eigenvalue weighted by Gasteiger charge is 2.41. The molecule has 3 unspecified atom stereocenters. The van der Waals surface area contributed by atoms with Crippen molar-refractivity contribution in [2.45, 2.75) is 38.5 Å². The van der Waals surface area contributed by atoms with Crippen molar-refractivity contribution in [3.8, 4) is 11.4 Å². The van der Waals surface area contributed by atoms with Crippen LogP contribution in [0.2, 0.25) is 0 Å². The van der Waals surface area contributed by atoms with E-state index in [1.807, 2.05) is 31.3 Å². The van der Waals surface area contributed by atoms with Crippen molar-refractivity contribution < 1.29 is 22.3 Å². The van der Waals surface area contributed by atoms with E-state index >= 15 is 0 Å². The Morgan fingerprint density at radius 2 is 2.07 bits per heavy atom. The number of hydrogen-bond donors (Lipinski definition) is 1. The maximum absolute atomic E-state index is 13.9. The Balaban J connectivity index is 1.58. The monoisotopic (exact) mass is 412 g/mol. The molecule has 3 rings (SSSR count). The SMILES string of the molecule is Cc1ccn(-c2ccc(OCC3CC(F)(F)CCC3CCNS(=O)[O-])cc2)n1. The zero-order chi connectivity index (χ0) is 20.1. The van der Waals surface area contributed by atoms with Crippen LogP contribution >= 0.6 is 0 Å². The topological polar surface area (TPSA) is 79.2 Å². The van der Waals surface area contributed by atoms with Crippen molar-refractivity contribution >= 4 is 11.3 Å². The van der Waals surface area contributed by atoms with Gasteiger partial charge in [-0.05, 0) is 56.0 Å². The van der Waals surface area contributed by atoms with Crippen LogP contribution in [-0.2, 0) is 11.3 Å². The molecule has 1 N–H and O–H groups in total. The van der Waals surface area contributed by atoms with E-state index in [0.717, 1.165) is 11.4 Å².